The maximum atomic E-state index is 10.8. The van der Waals surface area contributed by atoms with Gasteiger partial charge in [0.1, 0.15) is 0 Å². The van der Waals surface area contributed by atoms with Gasteiger partial charge < -0.3 is 0 Å². The van der Waals surface area contributed by atoms with E-state index in [0.717, 1.165) is 13.5 Å². The molecule has 0 amide bonds. The fourth-order valence-electron chi connectivity index (χ4n) is 0.954. The van der Waals surface area contributed by atoms with E-state index in [4.69, 9.17) is 4.18 Å². The first-order valence-corrected chi connectivity index (χ1v) is 5.17. The maximum absolute atomic E-state index is 10.8. The molecule has 0 spiro atoms. The van der Waals surface area contributed by atoms with Crippen LogP contribution >= 0.6 is 0 Å². The van der Waals surface area contributed by atoms with E-state index in [1.54, 1.807) is 13.8 Å². The third-order valence-corrected chi connectivity index (χ3v) is 2.45. The molecule has 0 aliphatic heterocycles. The van der Waals surface area contributed by atoms with E-state index in [2.05, 4.69) is 4.18 Å². The molecular formula is C7H16O4S. The van der Waals surface area contributed by atoms with Crippen molar-refractivity contribution in [2.75, 3.05) is 7.11 Å². The summed E-state index contributed by atoms with van der Waals surface area (Å²) >= 11 is 0. The van der Waals surface area contributed by atoms with Gasteiger partial charge in [-0.25, -0.2) is 4.18 Å². The van der Waals surface area contributed by atoms with E-state index in [-0.39, 0.29) is 0 Å². The lowest BCUT2D eigenvalue weighted by molar-refractivity contribution is 0.0841. The van der Waals surface area contributed by atoms with E-state index in [1.807, 2.05) is 6.92 Å². The molecule has 0 bridgehead atoms. The average Bonchev–Trinajstić information content (AvgIpc) is 1.85. The van der Waals surface area contributed by atoms with E-state index < -0.39 is 16.0 Å². The Kier molecular flexibility index (Phi) is 4.16. The molecule has 0 atom stereocenters. The summed E-state index contributed by atoms with van der Waals surface area (Å²) in [6.45, 7) is 5.39. The Balaban J connectivity index is 4.24. The van der Waals surface area contributed by atoms with Crippen molar-refractivity contribution < 1.29 is 16.8 Å². The highest BCUT2D eigenvalue weighted by molar-refractivity contribution is 7.81. The third-order valence-electron chi connectivity index (χ3n) is 1.38. The van der Waals surface area contributed by atoms with Gasteiger partial charge in [-0.3, -0.25) is 4.18 Å². The second kappa shape index (κ2) is 4.20. The van der Waals surface area contributed by atoms with Gasteiger partial charge in [0.2, 0.25) is 0 Å². The highest BCUT2D eigenvalue weighted by Gasteiger charge is 2.25. The fourth-order valence-corrected chi connectivity index (χ4v) is 1.66. The molecule has 0 aromatic rings. The molecule has 0 rings (SSSR count). The Morgan fingerprint density at radius 2 is 1.83 bits per heavy atom. The molecule has 0 aromatic heterocycles. The van der Waals surface area contributed by atoms with Crippen LogP contribution in [0.3, 0.4) is 0 Å². The lowest BCUT2D eigenvalue weighted by Gasteiger charge is -2.22. The Bertz CT molecular complexity index is 218. The van der Waals surface area contributed by atoms with Crippen molar-refractivity contribution in [3.8, 4) is 0 Å². The molecule has 0 saturated heterocycles. The van der Waals surface area contributed by atoms with Crippen LogP contribution in [-0.2, 0) is 18.8 Å². The minimum Gasteiger partial charge on any atom is -0.252 e. The summed E-state index contributed by atoms with van der Waals surface area (Å²) in [6.07, 6.45) is 1.54. The van der Waals surface area contributed by atoms with E-state index in [0.29, 0.717) is 6.42 Å². The zero-order valence-electron chi connectivity index (χ0n) is 7.96. The van der Waals surface area contributed by atoms with Crippen LogP contribution < -0.4 is 0 Å². The molecule has 12 heavy (non-hydrogen) atoms. The van der Waals surface area contributed by atoms with Crippen molar-refractivity contribution in [2.24, 2.45) is 0 Å². The predicted molar refractivity (Wildman–Crippen MR) is 46.0 cm³/mol. The highest BCUT2D eigenvalue weighted by atomic mass is 32.3. The smallest absolute Gasteiger partial charge is 0.252 e. The fraction of sp³-hybridized carbons (Fsp3) is 1.00. The topological polar surface area (TPSA) is 52.6 Å². The van der Waals surface area contributed by atoms with Crippen LogP contribution in [0.4, 0.5) is 0 Å². The second-order valence-corrected chi connectivity index (χ2v) is 4.48. The standard InChI is InChI=1S/C7H16O4S/c1-5-6-7(2,3)11-12(8,9)10-4/h5-6H2,1-4H3. The van der Waals surface area contributed by atoms with Gasteiger partial charge in [-0.1, -0.05) is 13.3 Å². The molecule has 0 aromatic carbocycles. The first kappa shape index (κ1) is 11.9. The SMILES string of the molecule is CCCC(C)(C)OS(=O)(=O)OC. The quantitative estimate of drug-likeness (QED) is 0.668. The summed E-state index contributed by atoms with van der Waals surface area (Å²) in [6, 6.07) is 0. The van der Waals surface area contributed by atoms with Crippen LogP contribution in [0.1, 0.15) is 33.6 Å². The average molecular weight is 196 g/mol. The van der Waals surface area contributed by atoms with Crippen LogP contribution in [0.25, 0.3) is 0 Å². The molecule has 74 valence electrons. The number of hydrogen-bond acceptors (Lipinski definition) is 4. The molecule has 0 unspecified atom stereocenters. The predicted octanol–water partition coefficient (Wildman–Crippen LogP) is 1.47. The summed E-state index contributed by atoms with van der Waals surface area (Å²) in [5.74, 6) is 0. The minimum absolute atomic E-state index is 0.676. The van der Waals surface area contributed by atoms with Crippen molar-refractivity contribution in [1.29, 1.82) is 0 Å². The van der Waals surface area contributed by atoms with Crippen molar-refractivity contribution in [1.82, 2.24) is 0 Å². The van der Waals surface area contributed by atoms with Gasteiger partial charge >= 0.3 is 10.4 Å². The Labute approximate surface area is 74.2 Å². The second-order valence-electron chi connectivity index (χ2n) is 3.17. The van der Waals surface area contributed by atoms with Gasteiger partial charge in [-0.05, 0) is 20.3 Å². The highest BCUT2D eigenvalue weighted by Crippen LogP contribution is 2.19. The monoisotopic (exact) mass is 196 g/mol. The zero-order valence-corrected chi connectivity index (χ0v) is 8.77. The van der Waals surface area contributed by atoms with Gasteiger partial charge in [0.05, 0.1) is 12.7 Å². The first-order chi connectivity index (χ1) is 5.33. The largest absolute Gasteiger partial charge is 0.400 e. The molecular weight excluding hydrogens is 180 g/mol. The summed E-state index contributed by atoms with van der Waals surface area (Å²) in [5, 5.41) is 0. The van der Waals surface area contributed by atoms with Crippen molar-refractivity contribution in [3.63, 3.8) is 0 Å². The van der Waals surface area contributed by atoms with E-state index >= 15 is 0 Å². The Morgan fingerprint density at radius 3 is 2.17 bits per heavy atom. The molecule has 0 saturated carbocycles. The van der Waals surface area contributed by atoms with Crippen molar-refractivity contribution in [2.45, 2.75) is 39.2 Å². The maximum Gasteiger partial charge on any atom is 0.400 e. The van der Waals surface area contributed by atoms with E-state index in [9.17, 15) is 8.42 Å². The van der Waals surface area contributed by atoms with Crippen LogP contribution in [0.15, 0.2) is 0 Å². The summed E-state index contributed by atoms with van der Waals surface area (Å²) in [4.78, 5) is 0. The van der Waals surface area contributed by atoms with Crippen molar-refractivity contribution in [3.05, 3.63) is 0 Å². The lowest BCUT2D eigenvalue weighted by atomic mass is 10.0. The van der Waals surface area contributed by atoms with Gasteiger partial charge in [-0.2, -0.15) is 8.42 Å². The molecule has 0 aliphatic carbocycles. The minimum atomic E-state index is -3.80. The molecule has 0 N–H and O–H groups in total. The molecule has 0 heterocycles. The zero-order chi connectivity index (χ0) is 9.83. The van der Waals surface area contributed by atoms with Gasteiger partial charge in [0.25, 0.3) is 0 Å². The Hall–Kier alpha value is -0.130. The molecule has 5 heteroatoms. The number of rotatable bonds is 5. The summed E-state index contributed by atoms with van der Waals surface area (Å²) in [7, 11) is -2.72. The summed E-state index contributed by atoms with van der Waals surface area (Å²) < 4.78 is 30.6. The normalized spacial score (nSPS) is 13.3. The molecule has 0 fully saturated rings. The van der Waals surface area contributed by atoms with Gasteiger partial charge in [0, 0.05) is 0 Å². The Morgan fingerprint density at radius 1 is 1.33 bits per heavy atom. The molecule has 4 nitrogen and oxygen atoms in total. The van der Waals surface area contributed by atoms with Gasteiger partial charge in [-0.15, -0.1) is 0 Å². The van der Waals surface area contributed by atoms with E-state index in [1.165, 1.54) is 0 Å². The summed E-state index contributed by atoms with van der Waals surface area (Å²) in [5.41, 5.74) is -0.677. The number of hydrogen-bond donors (Lipinski definition) is 0. The van der Waals surface area contributed by atoms with Crippen LogP contribution in [0, 0.1) is 0 Å². The van der Waals surface area contributed by atoms with Crippen LogP contribution in [0.5, 0.6) is 0 Å². The molecule has 0 radical (unpaired) electrons. The van der Waals surface area contributed by atoms with Gasteiger partial charge in [0.15, 0.2) is 0 Å². The van der Waals surface area contributed by atoms with Crippen LogP contribution in [-0.4, -0.2) is 21.1 Å². The van der Waals surface area contributed by atoms with Crippen LogP contribution in [0.2, 0.25) is 0 Å². The molecule has 0 aliphatic rings. The third kappa shape index (κ3) is 4.69. The lowest BCUT2D eigenvalue weighted by Crippen LogP contribution is -2.28. The first-order valence-electron chi connectivity index (χ1n) is 3.84. The van der Waals surface area contributed by atoms with Crippen molar-refractivity contribution >= 4 is 10.4 Å².